The topological polar surface area (TPSA) is 30.7 Å². The summed E-state index contributed by atoms with van der Waals surface area (Å²) >= 11 is 1.91. The first kappa shape index (κ1) is 22.4. The largest absolute Gasteiger partial charge is 0.334 e. The third-order valence-corrected chi connectivity index (χ3v) is 9.05. The number of aryl methyl sites for hydroxylation is 1. The van der Waals surface area contributed by atoms with Crippen molar-refractivity contribution < 1.29 is 0 Å². The minimum absolute atomic E-state index is 0.690. The van der Waals surface area contributed by atoms with E-state index in [0.29, 0.717) is 6.54 Å². The molecule has 0 aliphatic heterocycles. The first-order chi connectivity index (χ1) is 19.3. The molecule has 0 bridgehead atoms. The molecule has 0 aliphatic carbocycles. The Hall–Kier alpha value is -4.54. The molecule has 4 heteroatoms. The van der Waals surface area contributed by atoms with Gasteiger partial charge in [0.1, 0.15) is 5.82 Å². The number of nitrogens with zero attached hydrogens (tertiary/aromatic N) is 3. The molecule has 3 aromatic heterocycles. The van der Waals surface area contributed by atoms with Gasteiger partial charge in [-0.1, -0.05) is 91.0 Å². The third-order valence-electron chi connectivity index (χ3n) is 7.86. The Kier molecular flexibility index (Phi) is 5.04. The number of thiophene rings is 1. The number of hydrogen-bond acceptors (Lipinski definition) is 3. The third kappa shape index (κ3) is 3.49. The van der Waals surface area contributed by atoms with Crippen LogP contribution in [0.15, 0.2) is 109 Å². The summed E-state index contributed by atoms with van der Waals surface area (Å²) in [4.78, 5) is 9.59. The van der Waals surface area contributed by atoms with Gasteiger partial charge < -0.3 is 4.57 Å². The quantitative estimate of drug-likeness (QED) is 0.232. The zero-order chi connectivity index (χ0) is 25.9. The van der Waals surface area contributed by atoms with Gasteiger partial charge in [0, 0.05) is 54.5 Å². The van der Waals surface area contributed by atoms with Crippen LogP contribution >= 0.6 is 11.3 Å². The SMILES string of the molecule is Cc1ncc(Cc2ccccc2)c(Cn2c3ccccc3c3c4sc5ccccc5c4c4ccccc4c32)n1. The van der Waals surface area contributed by atoms with Crippen LogP contribution in [-0.2, 0) is 13.0 Å². The molecule has 0 amide bonds. The van der Waals surface area contributed by atoms with Gasteiger partial charge in [0.2, 0.25) is 0 Å². The molecular formula is C35H25N3S. The minimum Gasteiger partial charge on any atom is -0.334 e. The lowest BCUT2D eigenvalue weighted by molar-refractivity contribution is 0.798. The van der Waals surface area contributed by atoms with E-state index in [1.165, 1.54) is 63.9 Å². The first-order valence-corrected chi connectivity index (χ1v) is 14.2. The van der Waals surface area contributed by atoms with Crippen molar-refractivity contribution in [1.29, 1.82) is 0 Å². The average molecular weight is 520 g/mol. The predicted molar refractivity (Wildman–Crippen MR) is 165 cm³/mol. The highest BCUT2D eigenvalue weighted by Gasteiger charge is 2.21. The second kappa shape index (κ2) is 8.75. The van der Waals surface area contributed by atoms with Gasteiger partial charge in [-0.2, -0.15) is 0 Å². The molecule has 3 nitrogen and oxygen atoms in total. The molecule has 0 spiro atoms. The van der Waals surface area contributed by atoms with Crippen molar-refractivity contribution in [2.45, 2.75) is 19.9 Å². The maximum atomic E-state index is 5.01. The van der Waals surface area contributed by atoms with Crippen LogP contribution in [-0.4, -0.2) is 14.5 Å². The van der Waals surface area contributed by atoms with E-state index in [1.54, 1.807) is 0 Å². The Labute approximate surface area is 230 Å². The lowest BCUT2D eigenvalue weighted by atomic mass is 9.99. The number of para-hydroxylation sites is 1. The van der Waals surface area contributed by atoms with E-state index < -0.39 is 0 Å². The van der Waals surface area contributed by atoms with Crippen LogP contribution in [0.5, 0.6) is 0 Å². The smallest absolute Gasteiger partial charge is 0.125 e. The Morgan fingerprint density at radius 1 is 0.692 bits per heavy atom. The standard InChI is InChI=1S/C35H25N3S/c1-22-36-20-24(19-23-11-3-2-4-12-23)29(37-22)21-38-30-17-9-7-15-27(30)33-34(38)26-14-6-5-13-25(26)32-28-16-8-10-18-31(28)39-35(32)33/h2-18,20H,19,21H2,1H3. The Morgan fingerprint density at radius 2 is 1.38 bits per heavy atom. The average Bonchev–Trinajstić information content (AvgIpc) is 3.52. The van der Waals surface area contributed by atoms with Crippen molar-refractivity contribution >= 4 is 64.1 Å². The Morgan fingerprint density at radius 3 is 2.23 bits per heavy atom. The van der Waals surface area contributed by atoms with E-state index in [4.69, 9.17) is 4.98 Å². The highest BCUT2D eigenvalue weighted by Crippen LogP contribution is 2.47. The molecule has 0 unspecified atom stereocenters. The summed E-state index contributed by atoms with van der Waals surface area (Å²) < 4.78 is 5.19. The molecule has 5 aromatic carbocycles. The van der Waals surface area contributed by atoms with E-state index in [1.807, 2.05) is 24.5 Å². The predicted octanol–water partition coefficient (Wildman–Crippen LogP) is 9.05. The molecule has 0 aliphatic rings. The lowest BCUT2D eigenvalue weighted by Gasteiger charge is -2.14. The fourth-order valence-corrected chi connectivity index (χ4v) is 7.44. The molecule has 0 N–H and O–H groups in total. The Bertz CT molecular complexity index is 2190. The van der Waals surface area contributed by atoms with Crippen molar-refractivity contribution in [3.05, 3.63) is 132 Å². The van der Waals surface area contributed by atoms with Crippen LogP contribution < -0.4 is 0 Å². The van der Waals surface area contributed by atoms with E-state index >= 15 is 0 Å². The molecule has 0 fully saturated rings. The summed E-state index contributed by atoms with van der Waals surface area (Å²) in [6.45, 7) is 2.67. The maximum absolute atomic E-state index is 5.01. The van der Waals surface area contributed by atoms with Gasteiger partial charge in [-0.15, -0.1) is 11.3 Å². The number of hydrogen-bond donors (Lipinski definition) is 0. The normalized spacial score (nSPS) is 11.9. The number of benzene rings is 5. The summed E-state index contributed by atoms with van der Waals surface area (Å²) in [6, 6.07) is 37.2. The van der Waals surface area contributed by atoms with E-state index in [0.717, 1.165) is 17.9 Å². The van der Waals surface area contributed by atoms with E-state index in [2.05, 4.69) is 113 Å². The second-order valence-corrected chi connectivity index (χ2v) is 11.3. The molecule has 8 rings (SSSR count). The monoisotopic (exact) mass is 519 g/mol. The summed E-state index contributed by atoms with van der Waals surface area (Å²) in [7, 11) is 0. The fourth-order valence-electron chi connectivity index (χ4n) is 6.17. The van der Waals surface area contributed by atoms with Crippen LogP contribution in [0.25, 0.3) is 52.8 Å². The first-order valence-electron chi connectivity index (χ1n) is 13.3. The number of rotatable bonds is 4. The zero-order valence-electron chi connectivity index (χ0n) is 21.6. The zero-order valence-corrected chi connectivity index (χ0v) is 22.4. The molecule has 8 aromatic rings. The molecular weight excluding hydrogens is 494 g/mol. The minimum atomic E-state index is 0.690. The summed E-state index contributed by atoms with van der Waals surface area (Å²) in [5.74, 6) is 0.805. The van der Waals surface area contributed by atoms with Crippen molar-refractivity contribution in [2.75, 3.05) is 0 Å². The fraction of sp³-hybridized carbons (Fsp3) is 0.0857. The molecule has 39 heavy (non-hydrogen) atoms. The van der Waals surface area contributed by atoms with Crippen LogP contribution in [0.2, 0.25) is 0 Å². The number of fused-ring (bicyclic) bond motifs is 10. The lowest BCUT2D eigenvalue weighted by Crippen LogP contribution is -2.08. The van der Waals surface area contributed by atoms with Crippen LogP contribution in [0.1, 0.15) is 22.6 Å². The summed E-state index contributed by atoms with van der Waals surface area (Å²) in [5, 5.41) is 7.94. The van der Waals surface area contributed by atoms with Crippen molar-refractivity contribution in [2.24, 2.45) is 0 Å². The van der Waals surface area contributed by atoms with Gasteiger partial charge >= 0.3 is 0 Å². The van der Waals surface area contributed by atoms with Crippen LogP contribution in [0, 0.1) is 6.92 Å². The molecule has 3 heterocycles. The van der Waals surface area contributed by atoms with Crippen molar-refractivity contribution in [3.8, 4) is 0 Å². The molecule has 0 radical (unpaired) electrons. The van der Waals surface area contributed by atoms with Gasteiger partial charge in [0.15, 0.2) is 0 Å². The van der Waals surface area contributed by atoms with Gasteiger partial charge in [0.25, 0.3) is 0 Å². The van der Waals surface area contributed by atoms with Gasteiger partial charge in [0.05, 0.1) is 17.8 Å². The summed E-state index contributed by atoms with van der Waals surface area (Å²) in [6.07, 6.45) is 2.83. The second-order valence-electron chi connectivity index (χ2n) is 10.2. The van der Waals surface area contributed by atoms with Crippen LogP contribution in [0.4, 0.5) is 0 Å². The van der Waals surface area contributed by atoms with Gasteiger partial charge in [-0.3, -0.25) is 0 Å². The van der Waals surface area contributed by atoms with Crippen molar-refractivity contribution in [1.82, 2.24) is 14.5 Å². The van der Waals surface area contributed by atoms with Gasteiger partial charge in [-0.05, 0) is 35.6 Å². The van der Waals surface area contributed by atoms with E-state index in [9.17, 15) is 0 Å². The highest BCUT2D eigenvalue weighted by molar-refractivity contribution is 7.27. The molecule has 0 atom stereocenters. The molecule has 0 saturated heterocycles. The Balaban J connectivity index is 1.46. The van der Waals surface area contributed by atoms with E-state index in [-0.39, 0.29) is 0 Å². The maximum Gasteiger partial charge on any atom is 0.125 e. The highest BCUT2D eigenvalue weighted by atomic mass is 32.1. The van der Waals surface area contributed by atoms with Gasteiger partial charge in [-0.25, -0.2) is 9.97 Å². The summed E-state index contributed by atoms with van der Waals surface area (Å²) in [5.41, 5.74) is 6.04. The number of aromatic nitrogens is 3. The van der Waals surface area contributed by atoms with Crippen molar-refractivity contribution in [3.63, 3.8) is 0 Å². The molecule has 0 saturated carbocycles. The van der Waals surface area contributed by atoms with Crippen LogP contribution in [0.3, 0.4) is 0 Å². The molecule has 186 valence electrons.